The lowest BCUT2D eigenvalue weighted by Gasteiger charge is -2.25. The number of esters is 1. The molecule has 1 heterocycles. The summed E-state index contributed by atoms with van der Waals surface area (Å²) in [5.41, 5.74) is 0.886. The second-order valence-electron chi connectivity index (χ2n) is 6.41. The van der Waals surface area contributed by atoms with Crippen LogP contribution >= 0.6 is 11.6 Å². The number of hydrogen-bond acceptors (Lipinski definition) is 4. The number of halogens is 1. The first-order valence-electron chi connectivity index (χ1n) is 8.81. The number of pyridine rings is 1. The normalized spacial score (nSPS) is 15.9. The molecule has 1 aliphatic carbocycles. The number of carbonyl (C=O) groups excluding carboxylic acids is 2. The summed E-state index contributed by atoms with van der Waals surface area (Å²) in [4.78, 5) is 29.1. The van der Waals surface area contributed by atoms with Gasteiger partial charge in [-0.15, -0.1) is 0 Å². The van der Waals surface area contributed by atoms with Crippen LogP contribution < -0.4 is 5.32 Å². The molecule has 5 nitrogen and oxygen atoms in total. The number of nitrogens with zero attached hydrogens (tertiary/aromatic N) is 1. The van der Waals surface area contributed by atoms with Crippen molar-refractivity contribution in [3.8, 4) is 0 Å². The van der Waals surface area contributed by atoms with Gasteiger partial charge >= 0.3 is 5.97 Å². The molecular formula is C20H21ClN2O3. The summed E-state index contributed by atoms with van der Waals surface area (Å²) in [6.45, 7) is 0. The van der Waals surface area contributed by atoms with E-state index in [4.69, 9.17) is 16.3 Å². The molecule has 1 fully saturated rings. The Morgan fingerprint density at radius 2 is 1.81 bits per heavy atom. The Bertz CT molecular complexity index is 743. The van der Waals surface area contributed by atoms with Crippen LogP contribution in [0.25, 0.3) is 0 Å². The molecule has 26 heavy (non-hydrogen) atoms. The van der Waals surface area contributed by atoms with Gasteiger partial charge in [0.05, 0.1) is 5.56 Å². The van der Waals surface area contributed by atoms with E-state index in [9.17, 15) is 9.59 Å². The van der Waals surface area contributed by atoms with E-state index in [2.05, 4.69) is 10.3 Å². The summed E-state index contributed by atoms with van der Waals surface area (Å²) in [5.74, 6) is -0.903. The van der Waals surface area contributed by atoms with Crippen LogP contribution in [0, 0.1) is 0 Å². The van der Waals surface area contributed by atoms with Gasteiger partial charge in [-0.05, 0) is 25.0 Å². The molecule has 1 aliphatic rings. The van der Waals surface area contributed by atoms with Crippen LogP contribution in [0.15, 0.2) is 48.7 Å². The Kier molecular flexibility index (Phi) is 6.23. The third kappa shape index (κ3) is 4.82. The molecule has 1 aromatic carbocycles. The molecule has 1 amide bonds. The maximum absolute atomic E-state index is 12.8. The highest BCUT2D eigenvalue weighted by molar-refractivity contribution is 6.29. The zero-order valence-electron chi connectivity index (χ0n) is 14.4. The third-order valence-corrected chi connectivity index (χ3v) is 4.70. The van der Waals surface area contributed by atoms with Crippen molar-refractivity contribution in [1.82, 2.24) is 10.3 Å². The monoisotopic (exact) mass is 372 g/mol. The minimum atomic E-state index is -0.999. The molecule has 0 spiro atoms. The molecule has 1 unspecified atom stereocenters. The smallest absolute Gasteiger partial charge is 0.340 e. The zero-order valence-corrected chi connectivity index (χ0v) is 15.1. The maximum Gasteiger partial charge on any atom is 0.340 e. The van der Waals surface area contributed by atoms with Gasteiger partial charge in [-0.25, -0.2) is 9.78 Å². The van der Waals surface area contributed by atoms with Crippen LogP contribution in [0.2, 0.25) is 5.15 Å². The lowest BCUT2D eigenvalue weighted by molar-refractivity contribution is -0.131. The average Bonchev–Trinajstić information content (AvgIpc) is 2.68. The van der Waals surface area contributed by atoms with Crippen LogP contribution in [0.4, 0.5) is 0 Å². The molecule has 1 aromatic heterocycles. The Labute approximate surface area is 157 Å². The van der Waals surface area contributed by atoms with Crippen LogP contribution in [0.3, 0.4) is 0 Å². The van der Waals surface area contributed by atoms with E-state index in [1.807, 2.05) is 18.2 Å². The topological polar surface area (TPSA) is 68.3 Å². The molecular weight excluding hydrogens is 352 g/mol. The Hall–Kier alpha value is -2.40. The van der Waals surface area contributed by atoms with Gasteiger partial charge in [0.15, 0.2) is 0 Å². The first kappa shape index (κ1) is 18.4. The van der Waals surface area contributed by atoms with Crippen molar-refractivity contribution in [2.75, 3.05) is 0 Å². The van der Waals surface area contributed by atoms with Crippen molar-refractivity contribution in [2.24, 2.45) is 0 Å². The summed E-state index contributed by atoms with van der Waals surface area (Å²) < 4.78 is 5.53. The Morgan fingerprint density at radius 1 is 1.08 bits per heavy atom. The molecule has 6 heteroatoms. The quantitative estimate of drug-likeness (QED) is 0.634. The fourth-order valence-electron chi connectivity index (χ4n) is 3.10. The number of rotatable bonds is 5. The summed E-state index contributed by atoms with van der Waals surface area (Å²) >= 11 is 5.75. The number of amides is 1. The highest BCUT2D eigenvalue weighted by atomic mass is 35.5. The summed E-state index contributed by atoms with van der Waals surface area (Å²) in [6.07, 6.45) is 5.68. The summed E-state index contributed by atoms with van der Waals surface area (Å²) in [6, 6.07) is 12.2. The SMILES string of the molecule is O=C(OC(C(=O)NC1CCCCC1)c1ccccc1)c1ccc(Cl)nc1. The zero-order chi connectivity index (χ0) is 18.4. The fourth-order valence-corrected chi connectivity index (χ4v) is 3.21. The van der Waals surface area contributed by atoms with E-state index >= 15 is 0 Å². The highest BCUT2D eigenvalue weighted by Gasteiger charge is 2.28. The molecule has 2 aromatic rings. The van der Waals surface area contributed by atoms with E-state index < -0.39 is 12.1 Å². The van der Waals surface area contributed by atoms with E-state index in [1.54, 1.807) is 12.1 Å². The predicted octanol–water partition coefficient (Wildman–Crippen LogP) is 4.08. The van der Waals surface area contributed by atoms with Crippen LogP contribution in [0.5, 0.6) is 0 Å². The molecule has 0 saturated heterocycles. The number of hydrogen-bond donors (Lipinski definition) is 1. The van der Waals surface area contributed by atoms with Gasteiger partial charge in [0.25, 0.3) is 5.91 Å². The summed E-state index contributed by atoms with van der Waals surface area (Å²) in [7, 11) is 0. The van der Waals surface area contributed by atoms with Crippen molar-refractivity contribution in [1.29, 1.82) is 0 Å². The number of aromatic nitrogens is 1. The number of nitrogens with one attached hydrogen (secondary N) is 1. The van der Waals surface area contributed by atoms with E-state index in [0.29, 0.717) is 5.56 Å². The molecule has 1 atom stereocenters. The third-order valence-electron chi connectivity index (χ3n) is 4.48. The van der Waals surface area contributed by atoms with E-state index in [1.165, 1.54) is 24.8 Å². The van der Waals surface area contributed by atoms with Crippen molar-refractivity contribution in [3.05, 3.63) is 64.9 Å². The minimum absolute atomic E-state index is 0.137. The Morgan fingerprint density at radius 3 is 2.46 bits per heavy atom. The second kappa shape index (κ2) is 8.81. The Balaban J connectivity index is 1.75. The molecule has 0 bridgehead atoms. The van der Waals surface area contributed by atoms with Gasteiger partial charge in [-0.3, -0.25) is 4.79 Å². The fraction of sp³-hybridized carbons (Fsp3) is 0.350. The molecule has 1 N–H and O–H groups in total. The van der Waals surface area contributed by atoms with Gasteiger partial charge in [-0.2, -0.15) is 0 Å². The molecule has 0 aliphatic heterocycles. The maximum atomic E-state index is 12.8. The largest absolute Gasteiger partial charge is 0.444 e. The lowest BCUT2D eigenvalue weighted by Crippen LogP contribution is -2.40. The first-order chi connectivity index (χ1) is 12.6. The van der Waals surface area contributed by atoms with Crippen molar-refractivity contribution >= 4 is 23.5 Å². The standard InChI is InChI=1S/C20H21ClN2O3/c21-17-12-11-15(13-22-17)20(25)26-18(14-7-3-1-4-8-14)19(24)23-16-9-5-2-6-10-16/h1,3-4,7-8,11-13,16,18H,2,5-6,9-10H2,(H,23,24). The minimum Gasteiger partial charge on any atom is -0.444 e. The molecule has 0 radical (unpaired) electrons. The number of ether oxygens (including phenoxy) is 1. The van der Waals surface area contributed by atoms with Gasteiger partial charge < -0.3 is 10.1 Å². The first-order valence-corrected chi connectivity index (χ1v) is 9.19. The van der Waals surface area contributed by atoms with Crippen molar-refractivity contribution in [3.63, 3.8) is 0 Å². The van der Waals surface area contributed by atoms with Gasteiger partial charge in [0.2, 0.25) is 6.10 Å². The van der Waals surface area contributed by atoms with Crippen LogP contribution in [0.1, 0.15) is 54.1 Å². The number of benzene rings is 1. The van der Waals surface area contributed by atoms with Crippen LogP contribution in [-0.4, -0.2) is 22.9 Å². The van der Waals surface area contributed by atoms with Crippen molar-refractivity contribution < 1.29 is 14.3 Å². The predicted molar refractivity (Wildman–Crippen MR) is 98.9 cm³/mol. The lowest BCUT2D eigenvalue weighted by atomic mass is 9.95. The molecule has 3 rings (SSSR count). The summed E-state index contributed by atoms with van der Waals surface area (Å²) in [5, 5.41) is 3.32. The molecule has 136 valence electrons. The average molecular weight is 373 g/mol. The van der Waals surface area contributed by atoms with Gasteiger partial charge in [0, 0.05) is 17.8 Å². The van der Waals surface area contributed by atoms with Crippen LogP contribution in [-0.2, 0) is 9.53 Å². The molecule has 1 saturated carbocycles. The van der Waals surface area contributed by atoms with Crippen molar-refractivity contribution in [2.45, 2.75) is 44.2 Å². The second-order valence-corrected chi connectivity index (χ2v) is 6.80. The highest BCUT2D eigenvalue weighted by Crippen LogP contribution is 2.22. The van der Waals surface area contributed by atoms with Gasteiger partial charge in [-0.1, -0.05) is 61.2 Å². The van der Waals surface area contributed by atoms with E-state index in [-0.39, 0.29) is 22.7 Å². The van der Waals surface area contributed by atoms with Gasteiger partial charge in [0.1, 0.15) is 5.15 Å². The van der Waals surface area contributed by atoms with E-state index in [0.717, 1.165) is 25.7 Å². The number of carbonyl (C=O) groups is 2.